The van der Waals surface area contributed by atoms with E-state index in [1.807, 2.05) is 18.2 Å². The van der Waals surface area contributed by atoms with Crippen molar-refractivity contribution in [3.63, 3.8) is 0 Å². The van der Waals surface area contributed by atoms with Crippen LogP contribution in [0.2, 0.25) is 0 Å². The van der Waals surface area contributed by atoms with Crippen LogP contribution in [0.3, 0.4) is 0 Å². The fraction of sp³-hybridized carbons (Fsp3) is 0.556. The number of piperidine rings is 1. The van der Waals surface area contributed by atoms with E-state index in [1.165, 1.54) is 20.0 Å². The average Bonchev–Trinajstić information content (AvgIpc) is 2.96. The number of methoxy groups -OCH3 is 1. The maximum atomic E-state index is 12.4. The molecule has 0 N–H and O–H groups in total. The molecule has 23 heavy (non-hydrogen) atoms. The third-order valence-electron chi connectivity index (χ3n) is 4.96. The molecule has 1 aromatic rings. The molecule has 1 atom stereocenters. The molecule has 0 bridgehead atoms. The standard InChI is InChI=1S/C18H24N2O3/c1-13-7-9-19(10-8-13)15-5-3-4-6-16(15)20-12-14(11-17(20)21)18(22)23-2/h3-6,13-14H,7-12H2,1-2H3. The average molecular weight is 316 g/mol. The quantitative estimate of drug-likeness (QED) is 0.804. The van der Waals surface area contributed by atoms with E-state index in [2.05, 4.69) is 17.9 Å². The number of anilines is 2. The lowest BCUT2D eigenvalue weighted by Gasteiger charge is -2.34. The van der Waals surface area contributed by atoms with E-state index in [1.54, 1.807) is 4.90 Å². The molecule has 2 heterocycles. The molecule has 2 aliphatic heterocycles. The number of nitrogens with zero attached hydrogens (tertiary/aromatic N) is 2. The summed E-state index contributed by atoms with van der Waals surface area (Å²) < 4.78 is 4.80. The first-order valence-corrected chi connectivity index (χ1v) is 8.32. The predicted molar refractivity (Wildman–Crippen MR) is 89.5 cm³/mol. The van der Waals surface area contributed by atoms with Gasteiger partial charge in [0.2, 0.25) is 5.91 Å². The zero-order valence-electron chi connectivity index (χ0n) is 13.8. The molecule has 2 saturated heterocycles. The van der Waals surface area contributed by atoms with Gasteiger partial charge in [0.1, 0.15) is 0 Å². The Hall–Kier alpha value is -2.04. The lowest BCUT2D eigenvalue weighted by Crippen LogP contribution is -2.35. The summed E-state index contributed by atoms with van der Waals surface area (Å²) >= 11 is 0. The van der Waals surface area contributed by atoms with Gasteiger partial charge < -0.3 is 14.5 Å². The van der Waals surface area contributed by atoms with E-state index in [0.29, 0.717) is 6.54 Å². The van der Waals surface area contributed by atoms with Gasteiger partial charge in [0.25, 0.3) is 0 Å². The van der Waals surface area contributed by atoms with E-state index < -0.39 is 0 Å². The number of hydrogen-bond acceptors (Lipinski definition) is 4. The van der Waals surface area contributed by atoms with Crippen molar-refractivity contribution in [3.05, 3.63) is 24.3 Å². The molecule has 0 spiro atoms. The van der Waals surface area contributed by atoms with Crippen LogP contribution in [-0.4, -0.2) is 38.6 Å². The van der Waals surface area contributed by atoms with Crippen LogP contribution in [0.5, 0.6) is 0 Å². The van der Waals surface area contributed by atoms with Crippen LogP contribution in [0.1, 0.15) is 26.2 Å². The van der Waals surface area contributed by atoms with Crippen LogP contribution in [0, 0.1) is 11.8 Å². The second-order valence-electron chi connectivity index (χ2n) is 6.59. The molecule has 0 aliphatic carbocycles. The minimum Gasteiger partial charge on any atom is -0.469 e. The molecule has 0 saturated carbocycles. The molecule has 5 heteroatoms. The highest BCUT2D eigenvalue weighted by atomic mass is 16.5. The third-order valence-corrected chi connectivity index (χ3v) is 4.96. The van der Waals surface area contributed by atoms with Gasteiger partial charge in [-0.05, 0) is 30.9 Å². The molecule has 2 fully saturated rings. The number of amides is 1. The van der Waals surface area contributed by atoms with E-state index in [0.717, 1.165) is 30.4 Å². The summed E-state index contributed by atoms with van der Waals surface area (Å²) in [4.78, 5) is 28.2. The second kappa shape index (κ2) is 6.60. The van der Waals surface area contributed by atoms with Gasteiger partial charge in [0, 0.05) is 26.1 Å². The topological polar surface area (TPSA) is 49.9 Å². The van der Waals surface area contributed by atoms with E-state index in [4.69, 9.17) is 4.74 Å². The van der Waals surface area contributed by atoms with Gasteiger partial charge >= 0.3 is 5.97 Å². The van der Waals surface area contributed by atoms with Gasteiger partial charge in [-0.25, -0.2) is 0 Å². The third kappa shape index (κ3) is 3.19. The lowest BCUT2D eigenvalue weighted by atomic mass is 9.98. The molecule has 0 aromatic heterocycles. The first-order valence-electron chi connectivity index (χ1n) is 8.32. The molecule has 1 amide bonds. The molecular weight excluding hydrogens is 292 g/mol. The van der Waals surface area contributed by atoms with Crippen molar-refractivity contribution < 1.29 is 14.3 Å². The molecule has 2 aliphatic rings. The van der Waals surface area contributed by atoms with Crippen LogP contribution in [0.25, 0.3) is 0 Å². The number of hydrogen-bond donors (Lipinski definition) is 0. The number of para-hydroxylation sites is 2. The van der Waals surface area contributed by atoms with Crippen molar-refractivity contribution >= 4 is 23.3 Å². The highest BCUT2D eigenvalue weighted by molar-refractivity contribution is 6.01. The summed E-state index contributed by atoms with van der Waals surface area (Å²) in [5.74, 6) is 0.0980. The van der Waals surface area contributed by atoms with Gasteiger partial charge in [-0.15, -0.1) is 0 Å². The Morgan fingerprint density at radius 3 is 2.48 bits per heavy atom. The van der Waals surface area contributed by atoms with Crippen LogP contribution >= 0.6 is 0 Å². The summed E-state index contributed by atoms with van der Waals surface area (Å²) in [6, 6.07) is 8.01. The minimum absolute atomic E-state index is 0.00164. The SMILES string of the molecule is COC(=O)C1CC(=O)N(c2ccccc2N2CCC(C)CC2)C1. The first-order chi connectivity index (χ1) is 11.1. The molecule has 124 valence electrons. The Bertz CT molecular complexity index is 594. The highest BCUT2D eigenvalue weighted by Gasteiger charge is 2.37. The number of benzene rings is 1. The summed E-state index contributed by atoms with van der Waals surface area (Å²) in [6.07, 6.45) is 2.58. The van der Waals surface area contributed by atoms with Crippen molar-refractivity contribution in [1.82, 2.24) is 0 Å². The summed E-state index contributed by atoms with van der Waals surface area (Å²) in [6.45, 7) is 4.72. The minimum atomic E-state index is -0.359. The fourth-order valence-corrected chi connectivity index (χ4v) is 3.47. The zero-order valence-corrected chi connectivity index (χ0v) is 13.8. The van der Waals surface area contributed by atoms with Crippen molar-refractivity contribution in [2.45, 2.75) is 26.2 Å². The number of carbonyl (C=O) groups excluding carboxylic acids is 2. The Balaban J connectivity index is 1.83. The first kappa shape index (κ1) is 15.8. The van der Waals surface area contributed by atoms with Crippen LogP contribution in [0.15, 0.2) is 24.3 Å². The van der Waals surface area contributed by atoms with Crippen LogP contribution in [0.4, 0.5) is 11.4 Å². The van der Waals surface area contributed by atoms with Crippen LogP contribution in [-0.2, 0) is 14.3 Å². The Morgan fingerprint density at radius 2 is 1.83 bits per heavy atom. The van der Waals surface area contributed by atoms with Gasteiger partial charge in [0.15, 0.2) is 0 Å². The maximum absolute atomic E-state index is 12.4. The number of ether oxygens (including phenoxy) is 1. The highest BCUT2D eigenvalue weighted by Crippen LogP contribution is 2.35. The molecular formula is C18H24N2O3. The van der Waals surface area contributed by atoms with Crippen molar-refractivity contribution in [3.8, 4) is 0 Å². The monoisotopic (exact) mass is 316 g/mol. The van der Waals surface area contributed by atoms with Crippen molar-refractivity contribution in [1.29, 1.82) is 0 Å². The van der Waals surface area contributed by atoms with Crippen molar-refractivity contribution in [2.24, 2.45) is 11.8 Å². The molecule has 1 unspecified atom stereocenters. The largest absolute Gasteiger partial charge is 0.469 e. The molecule has 5 nitrogen and oxygen atoms in total. The molecule has 3 rings (SSSR count). The lowest BCUT2D eigenvalue weighted by molar-refractivity contribution is -0.145. The van der Waals surface area contributed by atoms with E-state index >= 15 is 0 Å². The zero-order chi connectivity index (χ0) is 16.4. The van der Waals surface area contributed by atoms with Crippen LogP contribution < -0.4 is 9.80 Å². The fourth-order valence-electron chi connectivity index (χ4n) is 3.47. The summed E-state index contributed by atoms with van der Waals surface area (Å²) in [5.41, 5.74) is 2.01. The Morgan fingerprint density at radius 1 is 1.17 bits per heavy atom. The predicted octanol–water partition coefficient (Wildman–Crippen LogP) is 2.45. The van der Waals surface area contributed by atoms with Gasteiger partial charge in [0.05, 0.1) is 24.4 Å². The van der Waals surface area contributed by atoms with E-state index in [9.17, 15) is 9.59 Å². The van der Waals surface area contributed by atoms with Gasteiger partial charge in [-0.2, -0.15) is 0 Å². The van der Waals surface area contributed by atoms with Gasteiger partial charge in [-0.3, -0.25) is 9.59 Å². The number of carbonyl (C=O) groups is 2. The summed E-state index contributed by atoms with van der Waals surface area (Å²) in [7, 11) is 1.37. The normalized spacial score (nSPS) is 22.5. The van der Waals surface area contributed by atoms with E-state index in [-0.39, 0.29) is 24.2 Å². The van der Waals surface area contributed by atoms with Gasteiger partial charge in [-0.1, -0.05) is 19.1 Å². The number of esters is 1. The summed E-state index contributed by atoms with van der Waals surface area (Å²) in [5, 5.41) is 0. The number of rotatable bonds is 3. The Labute approximate surface area is 137 Å². The molecule has 1 aromatic carbocycles. The Kier molecular flexibility index (Phi) is 4.55. The molecule has 0 radical (unpaired) electrons. The maximum Gasteiger partial charge on any atom is 0.311 e. The smallest absolute Gasteiger partial charge is 0.311 e. The second-order valence-corrected chi connectivity index (χ2v) is 6.59. The van der Waals surface area contributed by atoms with Crippen molar-refractivity contribution in [2.75, 3.05) is 36.5 Å².